The number of aromatic nitrogens is 2. The van der Waals surface area contributed by atoms with Crippen molar-refractivity contribution >= 4 is 27.6 Å². The molecule has 0 aliphatic carbocycles. The summed E-state index contributed by atoms with van der Waals surface area (Å²) in [5, 5.41) is 2.79. The summed E-state index contributed by atoms with van der Waals surface area (Å²) in [5.41, 5.74) is 2.20. The lowest BCUT2D eigenvalue weighted by atomic mass is 10.1. The van der Waals surface area contributed by atoms with Crippen molar-refractivity contribution in [3.8, 4) is 5.75 Å². The lowest BCUT2D eigenvalue weighted by molar-refractivity contribution is 0.102. The van der Waals surface area contributed by atoms with E-state index in [9.17, 15) is 13.2 Å². The lowest BCUT2D eigenvalue weighted by Gasteiger charge is -2.12. The Balaban J connectivity index is 1.66. The first-order valence-electron chi connectivity index (χ1n) is 11.3. The summed E-state index contributed by atoms with van der Waals surface area (Å²) >= 11 is 0. The van der Waals surface area contributed by atoms with Gasteiger partial charge in [0.1, 0.15) is 5.75 Å². The number of rotatable bonds is 11. The maximum absolute atomic E-state index is 12.8. The van der Waals surface area contributed by atoms with E-state index >= 15 is 0 Å². The Labute approximate surface area is 200 Å². The van der Waals surface area contributed by atoms with Gasteiger partial charge in [0.15, 0.2) is 0 Å². The molecule has 34 heavy (non-hydrogen) atoms. The van der Waals surface area contributed by atoms with Gasteiger partial charge in [0.05, 0.1) is 17.1 Å². The SMILES string of the molecule is CCCCCCOc1ccccc1C(=O)Nc1ccc(S(=O)(=O)Nc2nc(C)cc(C)n2)cc1. The second-order valence-corrected chi connectivity index (χ2v) is 9.65. The van der Waals surface area contributed by atoms with E-state index in [1.165, 1.54) is 24.3 Å². The van der Waals surface area contributed by atoms with E-state index in [-0.39, 0.29) is 16.8 Å². The van der Waals surface area contributed by atoms with E-state index in [1.807, 2.05) is 6.07 Å². The van der Waals surface area contributed by atoms with Gasteiger partial charge in [-0.05, 0) is 62.7 Å². The van der Waals surface area contributed by atoms with Crippen LogP contribution < -0.4 is 14.8 Å². The van der Waals surface area contributed by atoms with Crippen LogP contribution in [0.5, 0.6) is 5.75 Å². The van der Waals surface area contributed by atoms with Crippen molar-refractivity contribution in [2.45, 2.75) is 51.3 Å². The van der Waals surface area contributed by atoms with Crippen LogP contribution in [-0.4, -0.2) is 30.9 Å². The maximum Gasteiger partial charge on any atom is 0.264 e. The van der Waals surface area contributed by atoms with Crippen molar-refractivity contribution in [1.29, 1.82) is 0 Å². The number of amides is 1. The summed E-state index contributed by atoms with van der Waals surface area (Å²) < 4.78 is 33.6. The normalized spacial score (nSPS) is 11.1. The van der Waals surface area contributed by atoms with Gasteiger partial charge in [0.25, 0.3) is 15.9 Å². The fourth-order valence-corrected chi connectivity index (χ4v) is 4.30. The topological polar surface area (TPSA) is 110 Å². The summed E-state index contributed by atoms with van der Waals surface area (Å²) in [6, 6.07) is 14.7. The minimum atomic E-state index is -3.88. The van der Waals surface area contributed by atoms with Crippen LogP contribution in [0.25, 0.3) is 0 Å². The zero-order valence-electron chi connectivity index (χ0n) is 19.7. The smallest absolute Gasteiger partial charge is 0.264 e. The highest BCUT2D eigenvalue weighted by Crippen LogP contribution is 2.22. The number of anilines is 2. The molecule has 1 aromatic heterocycles. The Hall–Kier alpha value is -3.46. The predicted molar refractivity (Wildman–Crippen MR) is 133 cm³/mol. The highest BCUT2D eigenvalue weighted by molar-refractivity contribution is 7.92. The molecule has 8 nitrogen and oxygen atoms in total. The molecule has 3 aromatic rings. The second-order valence-electron chi connectivity index (χ2n) is 7.96. The Morgan fingerprint density at radius 2 is 1.62 bits per heavy atom. The van der Waals surface area contributed by atoms with Gasteiger partial charge < -0.3 is 10.1 Å². The third kappa shape index (κ3) is 7.02. The number of carbonyl (C=O) groups is 1. The average Bonchev–Trinajstić information content (AvgIpc) is 2.78. The van der Waals surface area contributed by atoms with Crippen LogP contribution in [0.15, 0.2) is 59.5 Å². The molecule has 3 rings (SSSR count). The van der Waals surface area contributed by atoms with E-state index in [0.29, 0.717) is 35.0 Å². The number of carbonyl (C=O) groups excluding carboxylic acids is 1. The molecule has 0 radical (unpaired) electrons. The van der Waals surface area contributed by atoms with Crippen LogP contribution in [0.4, 0.5) is 11.6 Å². The van der Waals surface area contributed by atoms with E-state index in [0.717, 1.165) is 25.7 Å². The predicted octanol–water partition coefficient (Wildman–Crippen LogP) is 5.11. The number of sulfonamides is 1. The molecule has 9 heteroatoms. The van der Waals surface area contributed by atoms with Gasteiger partial charge in [-0.3, -0.25) is 4.79 Å². The molecule has 0 unspecified atom stereocenters. The first-order chi connectivity index (χ1) is 16.3. The number of hydrogen-bond acceptors (Lipinski definition) is 6. The molecule has 2 aromatic carbocycles. The van der Waals surface area contributed by atoms with Crippen molar-refractivity contribution in [3.63, 3.8) is 0 Å². The maximum atomic E-state index is 12.8. The van der Waals surface area contributed by atoms with Crippen molar-refractivity contribution < 1.29 is 17.9 Å². The molecular formula is C25H30N4O4S. The lowest BCUT2D eigenvalue weighted by Crippen LogP contribution is -2.16. The van der Waals surface area contributed by atoms with E-state index in [2.05, 4.69) is 26.9 Å². The molecule has 0 bridgehead atoms. The molecule has 0 atom stereocenters. The first kappa shape index (κ1) is 25.2. The van der Waals surface area contributed by atoms with Crippen molar-refractivity contribution in [1.82, 2.24) is 9.97 Å². The van der Waals surface area contributed by atoms with Crippen LogP contribution in [-0.2, 0) is 10.0 Å². The molecule has 0 saturated heterocycles. The van der Waals surface area contributed by atoms with Crippen LogP contribution >= 0.6 is 0 Å². The number of unbranched alkanes of at least 4 members (excludes halogenated alkanes) is 3. The van der Waals surface area contributed by atoms with Crippen LogP contribution in [0.1, 0.15) is 54.4 Å². The summed E-state index contributed by atoms with van der Waals surface area (Å²) in [6.45, 7) is 6.23. The Morgan fingerprint density at radius 3 is 2.29 bits per heavy atom. The van der Waals surface area contributed by atoms with Gasteiger partial charge in [0.2, 0.25) is 5.95 Å². The number of nitrogens with zero attached hydrogens (tertiary/aromatic N) is 2. The fourth-order valence-electron chi connectivity index (χ4n) is 3.36. The van der Waals surface area contributed by atoms with E-state index < -0.39 is 10.0 Å². The van der Waals surface area contributed by atoms with Crippen LogP contribution in [0.2, 0.25) is 0 Å². The molecule has 0 saturated carbocycles. The molecule has 0 fully saturated rings. The Kier molecular flexibility index (Phi) is 8.59. The van der Waals surface area contributed by atoms with Gasteiger partial charge in [-0.25, -0.2) is 23.1 Å². The highest BCUT2D eigenvalue weighted by atomic mass is 32.2. The monoisotopic (exact) mass is 482 g/mol. The third-order valence-electron chi connectivity index (χ3n) is 5.02. The number of ether oxygens (including phenoxy) is 1. The molecule has 1 amide bonds. The van der Waals surface area contributed by atoms with E-state index in [4.69, 9.17) is 4.74 Å². The number of nitrogens with one attached hydrogen (secondary N) is 2. The summed E-state index contributed by atoms with van der Waals surface area (Å²) in [5.74, 6) is 0.205. The molecule has 2 N–H and O–H groups in total. The largest absolute Gasteiger partial charge is 0.493 e. The third-order valence-corrected chi connectivity index (χ3v) is 6.36. The number of para-hydroxylation sites is 1. The minimum Gasteiger partial charge on any atom is -0.493 e. The Morgan fingerprint density at radius 1 is 0.941 bits per heavy atom. The molecule has 1 heterocycles. The average molecular weight is 483 g/mol. The van der Waals surface area contributed by atoms with Crippen molar-refractivity contribution in [3.05, 3.63) is 71.5 Å². The summed E-state index contributed by atoms with van der Waals surface area (Å²) in [7, 11) is -3.88. The first-order valence-corrected chi connectivity index (χ1v) is 12.7. The van der Waals surface area contributed by atoms with Crippen molar-refractivity contribution in [2.75, 3.05) is 16.6 Å². The summed E-state index contributed by atoms with van der Waals surface area (Å²) in [6.07, 6.45) is 4.32. The van der Waals surface area contributed by atoms with Gasteiger partial charge in [0, 0.05) is 17.1 Å². The Bertz CT molecular complexity index is 1210. The number of hydrogen-bond donors (Lipinski definition) is 2. The number of aryl methyl sites for hydroxylation is 2. The fraction of sp³-hybridized carbons (Fsp3) is 0.320. The van der Waals surface area contributed by atoms with Crippen molar-refractivity contribution in [2.24, 2.45) is 0 Å². The number of benzene rings is 2. The second kappa shape index (κ2) is 11.6. The van der Waals surface area contributed by atoms with Gasteiger partial charge >= 0.3 is 0 Å². The standard InChI is InChI=1S/C25H30N4O4S/c1-4-5-6-9-16-33-23-11-8-7-10-22(23)24(30)28-20-12-14-21(15-13-20)34(31,32)29-25-26-18(2)17-19(3)27-25/h7-8,10-15,17H,4-6,9,16H2,1-3H3,(H,28,30)(H,26,27,29). The van der Waals surface area contributed by atoms with Gasteiger partial charge in [-0.2, -0.15) is 0 Å². The minimum absolute atomic E-state index is 0.0150. The molecular weight excluding hydrogens is 452 g/mol. The molecule has 0 spiro atoms. The van der Waals surface area contributed by atoms with Crippen LogP contribution in [0.3, 0.4) is 0 Å². The summed E-state index contributed by atoms with van der Waals surface area (Å²) in [4.78, 5) is 21.1. The molecule has 180 valence electrons. The molecule has 0 aliphatic heterocycles. The van der Waals surface area contributed by atoms with E-state index in [1.54, 1.807) is 38.1 Å². The highest BCUT2D eigenvalue weighted by Gasteiger charge is 2.17. The zero-order chi connectivity index (χ0) is 24.6. The van der Waals surface area contributed by atoms with Gasteiger partial charge in [-0.1, -0.05) is 38.3 Å². The van der Waals surface area contributed by atoms with Gasteiger partial charge in [-0.15, -0.1) is 0 Å². The quantitative estimate of drug-likeness (QED) is 0.368. The molecule has 0 aliphatic rings. The zero-order valence-corrected chi connectivity index (χ0v) is 20.5. The van der Waals surface area contributed by atoms with Crippen LogP contribution in [0, 0.1) is 13.8 Å².